The SMILES string of the molecule is Cn1c2ccccc2c(=O)c2c(Oc3ccccc3)ccc(N)c21. The second-order valence-corrected chi connectivity index (χ2v) is 5.70. The van der Waals surface area contributed by atoms with Crippen molar-refractivity contribution in [3.05, 3.63) is 77.0 Å². The number of benzene rings is 3. The highest BCUT2D eigenvalue weighted by Crippen LogP contribution is 2.32. The summed E-state index contributed by atoms with van der Waals surface area (Å²) in [4.78, 5) is 13.1. The molecule has 1 aromatic heterocycles. The number of rotatable bonds is 2. The maximum atomic E-state index is 13.1. The quantitative estimate of drug-likeness (QED) is 0.448. The molecular formula is C20H16N2O2. The van der Waals surface area contributed by atoms with E-state index in [-0.39, 0.29) is 5.43 Å². The number of para-hydroxylation sites is 2. The molecule has 3 aromatic carbocycles. The second-order valence-electron chi connectivity index (χ2n) is 5.70. The molecule has 4 rings (SSSR count). The molecule has 0 aliphatic carbocycles. The Balaban J connectivity index is 2.10. The lowest BCUT2D eigenvalue weighted by atomic mass is 10.1. The molecule has 0 aliphatic rings. The maximum Gasteiger partial charge on any atom is 0.201 e. The van der Waals surface area contributed by atoms with Crippen LogP contribution in [-0.4, -0.2) is 4.57 Å². The third-order valence-electron chi connectivity index (χ3n) is 4.21. The van der Waals surface area contributed by atoms with Crippen LogP contribution in [0.4, 0.5) is 5.69 Å². The van der Waals surface area contributed by atoms with Crippen LogP contribution in [0.15, 0.2) is 71.5 Å². The van der Waals surface area contributed by atoms with E-state index in [1.807, 2.05) is 66.2 Å². The number of hydrogen-bond donors (Lipinski definition) is 1. The number of anilines is 1. The summed E-state index contributed by atoms with van der Waals surface area (Å²) in [7, 11) is 1.91. The third-order valence-corrected chi connectivity index (χ3v) is 4.21. The molecule has 24 heavy (non-hydrogen) atoms. The summed E-state index contributed by atoms with van der Waals surface area (Å²) < 4.78 is 7.91. The Bertz CT molecular complexity index is 1120. The normalized spacial score (nSPS) is 11.0. The number of pyridine rings is 1. The molecule has 0 unspecified atom stereocenters. The molecule has 0 bridgehead atoms. The van der Waals surface area contributed by atoms with Gasteiger partial charge in [0.05, 0.1) is 22.1 Å². The lowest BCUT2D eigenvalue weighted by Crippen LogP contribution is -2.11. The van der Waals surface area contributed by atoms with Crippen molar-refractivity contribution >= 4 is 27.5 Å². The van der Waals surface area contributed by atoms with Crippen molar-refractivity contribution in [3.8, 4) is 11.5 Å². The number of nitrogens with zero attached hydrogens (tertiary/aromatic N) is 1. The molecule has 1 heterocycles. The molecule has 4 aromatic rings. The van der Waals surface area contributed by atoms with E-state index in [0.29, 0.717) is 33.5 Å². The van der Waals surface area contributed by atoms with Crippen LogP contribution in [0.25, 0.3) is 21.8 Å². The Kier molecular flexibility index (Phi) is 3.24. The standard InChI is InChI=1S/C20H16N2O2/c1-22-16-10-6-5-9-14(16)20(23)18-17(12-11-15(21)19(18)22)24-13-7-3-2-4-8-13/h2-12H,21H2,1H3. The van der Waals surface area contributed by atoms with Gasteiger partial charge in [-0.3, -0.25) is 4.79 Å². The Labute approximate surface area is 138 Å². The summed E-state index contributed by atoms with van der Waals surface area (Å²) in [6.45, 7) is 0. The van der Waals surface area contributed by atoms with Gasteiger partial charge in [0.25, 0.3) is 0 Å². The molecule has 0 fully saturated rings. The molecule has 0 saturated carbocycles. The summed E-state index contributed by atoms with van der Waals surface area (Å²) >= 11 is 0. The van der Waals surface area contributed by atoms with Crippen molar-refractivity contribution in [2.75, 3.05) is 5.73 Å². The summed E-state index contributed by atoms with van der Waals surface area (Å²) in [5.74, 6) is 1.19. The van der Waals surface area contributed by atoms with Gasteiger partial charge in [0, 0.05) is 12.4 Å². The summed E-state index contributed by atoms with van der Waals surface area (Å²) in [5.41, 5.74) is 8.18. The molecule has 2 N–H and O–H groups in total. The summed E-state index contributed by atoms with van der Waals surface area (Å²) in [6, 6.07) is 20.4. The molecule has 0 radical (unpaired) electrons. The van der Waals surface area contributed by atoms with Crippen LogP contribution in [-0.2, 0) is 7.05 Å². The Morgan fingerprint density at radius 3 is 2.42 bits per heavy atom. The fourth-order valence-corrected chi connectivity index (χ4v) is 3.08. The third kappa shape index (κ3) is 2.12. The van der Waals surface area contributed by atoms with Crippen molar-refractivity contribution < 1.29 is 4.74 Å². The monoisotopic (exact) mass is 316 g/mol. The predicted octanol–water partition coefficient (Wildman–Crippen LogP) is 4.07. The number of nitrogen functional groups attached to an aromatic ring is 1. The van der Waals surface area contributed by atoms with Crippen LogP contribution >= 0.6 is 0 Å². The first-order valence-corrected chi connectivity index (χ1v) is 7.69. The Morgan fingerprint density at radius 2 is 1.62 bits per heavy atom. The largest absolute Gasteiger partial charge is 0.457 e. The molecule has 0 spiro atoms. The van der Waals surface area contributed by atoms with Crippen LogP contribution < -0.4 is 15.9 Å². The lowest BCUT2D eigenvalue weighted by molar-refractivity contribution is 0.488. The molecule has 118 valence electrons. The number of nitrogens with two attached hydrogens (primary N) is 1. The van der Waals surface area contributed by atoms with Gasteiger partial charge in [-0.05, 0) is 36.4 Å². The van der Waals surface area contributed by atoms with E-state index in [0.717, 1.165) is 5.52 Å². The second kappa shape index (κ2) is 5.42. The number of aryl methyl sites for hydroxylation is 1. The molecular weight excluding hydrogens is 300 g/mol. The number of aromatic nitrogens is 1. The highest BCUT2D eigenvalue weighted by atomic mass is 16.5. The van der Waals surface area contributed by atoms with Gasteiger partial charge >= 0.3 is 0 Å². The number of ether oxygens (including phenoxy) is 1. The zero-order valence-corrected chi connectivity index (χ0v) is 13.2. The van der Waals surface area contributed by atoms with E-state index >= 15 is 0 Å². The minimum absolute atomic E-state index is 0.0723. The van der Waals surface area contributed by atoms with Gasteiger partial charge in [-0.1, -0.05) is 30.3 Å². The molecule has 4 heteroatoms. The molecule has 0 amide bonds. The maximum absolute atomic E-state index is 13.1. The van der Waals surface area contributed by atoms with Gasteiger partial charge in [-0.2, -0.15) is 0 Å². The Hall–Kier alpha value is -3.27. The first kappa shape index (κ1) is 14.3. The van der Waals surface area contributed by atoms with Crippen LogP contribution in [0.2, 0.25) is 0 Å². The predicted molar refractivity (Wildman–Crippen MR) is 97.6 cm³/mol. The number of hydrogen-bond acceptors (Lipinski definition) is 3. The fraction of sp³-hybridized carbons (Fsp3) is 0.0500. The minimum atomic E-state index is -0.0723. The molecule has 0 saturated heterocycles. The number of fused-ring (bicyclic) bond motifs is 2. The van der Waals surface area contributed by atoms with Gasteiger partial charge in [0.2, 0.25) is 5.43 Å². The van der Waals surface area contributed by atoms with Crippen molar-refractivity contribution in [1.82, 2.24) is 4.57 Å². The molecule has 4 nitrogen and oxygen atoms in total. The van der Waals surface area contributed by atoms with E-state index in [2.05, 4.69) is 0 Å². The van der Waals surface area contributed by atoms with Gasteiger partial charge in [0.1, 0.15) is 11.5 Å². The van der Waals surface area contributed by atoms with E-state index in [1.54, 1.807) is 12.1 Å². The average molecular weight is 316 g/mol. The van der Waals surface area contributed by atoms with Crippen LogP contribution in [0.1, 0.15) is 0 Å². The Morgan fingerprint density at radius 1 is 0.917 bits per heavy atom. The van der Waals surface area contributed by atoms with Gasteiger partial charge in [0.15, 0.2) is 0 Å². The van der Waals surface area contributed by atoms with Crippen LogP contribution in [0, 0.1) is 0 Å². The van der Waals surface area contributed by atoms with Crippen molar-refractivity contribution in [2.24, 2.45) is 7.05 Å². The molecule has 0 atom stereocenters. The zero-order chi connectivity index (χ0) is 16.7. The highest BCUT2D eigenvalue weighted by molar-refractivity contribution is 6.01. The van der Waals surface area contributed by atoms with Gasteiger partial charge in [-0.15, -0.1) is 0 Å². The van der Waals surface area contributed by atoms with Crippen molar-refractivity contribution in [1.29, 1.82) is 0 Å². The lowest BCUT2D eigenvalue weighted by Gasteiger charge is -2.15. The first-order valence-electron chi connectivity index (χ1n) is 7.69. The van der Waals surface area contributed by atoms with Gasteiger partial charge < -0.3 is 15.0 Å². The van der Waals surface area contributed by atoms with E-state index in [4.69, 9.17) is 10.5 Å². The fourth-order valence-electron chi connectivity index (χ4n) is 3.08. The van der Waals surface area contributed by atoms with Crippen LogP contribution in [0.3, 0.4) is 0 Å². The van der Waals surface area contributed by atoms with Crippen molar-refractivity contribution in [3.63, 3.8) is 0 Å². The minimum Gasteiger partial charge on any atom is -0.457 e. The molecule has 0 aliphatic heterocycles. The van der Waals surface area contributed by atoms with Crippen molar-refractivity contribution in [2.45, 2.75) is 0 Å². The summed E-state index contributed by atoms with van der Waals surface area (Å²) in [5, 5.41) is 1.15. The van der Waals surface area contributed by atoms with Crippen LogP contribution in [0.5, 0.6) is 11.5 Å². The van der Waals surface area contributed by atoms with E-state index in [1.165, 1.54) is 0 Å². The topological polar surface area (TPSA) is 57.2 Å². The summed E-state index contributed by atoms with van der Waals surface area (Å²) in [6.07, 6.45) is 0. The van der Waals surface area contributed by atoms with E-state index < -0.39 is 0 Å². The smallest absolute Gasteiger partial charge is 0.201 e. The highest BCUT2D eigenvalue weighted by Gasteiger charge is 2.15. The average Bonchev–Trinajstić information content (AvgIpc) is 2.62. The zero-order valence-electron chi connectivity index (χ0n) is 13.2. The van der Waals surface area contributed by atoms with E-state index in [9.17, 15) is 4.79 Å². The van der Waals surface area contributed by atoms with Gasteiger partial charge in [-0.25, -0.2) is 0 Å². The first-order chi connectivity index (χ1) is 11.7.